The number of ether oxygens (including phenoxy) is 1. The predicted octanol–water partition coefficient (Wildman–Crippen LogP) is 2.71. The summed E-state index contributed by atoms with van der Waals surface area (Å²) in [6.07, 6.45) is 6.20. The average molecular weight is 570 g/mol. The van der Waals surface area contributed by atoms with Crippen molar-refractivity contribution in [3.8, 4) is 6.07 Å². The maximum atomic E-state index is 13.6. The molecule has 3 amide bonds. The highest BCUT2D eigenvalue weighted by molar-refractivity contribution is 6.36. The third kappa shape index (κ3) is 7.06. The monoisotopic (exact) mass is 569 g/mol. The van der Waals surface area contributed by atoms with E-state index in [4.69, 9.17) is 16.3 Å². The maximum Gasteiger partial charge on any atom is 0.265 e. The molecular weight excluding hydrogens is 534 g/mol. The van der Waals surface area contributed by atoms with Crippen molar-refractivity contribution >= 4 is 45.9 Å². The van der Waals surface area contributed by atoms with Gasteiger partial charge in [-0.2, -0.15) is 5.26 Å². The Labute approximate surface area is 238 Å². The zero-order valence-electron chi connectivity index (χ0n) is 22.7. The number of nitriles is 1. The highest BCUT2D eigenvalue weighted by Crippen LogP contribution is 2.29. The van der Waals surface area contributed by atoms with Crippen LogP contribution < -0.4 is 16.0 Å². The Morgan fingerprint density at radius 2 is 1.98 bits per heavy atom. The first-order valence-corrected chi connectivity index (χ1v) is 14.1. The van der Waals surface area contributed by atoms with Crippen LogP contribution in [0.25, 0.3) is 10.9 Å². The molecule has 2 fully saturated rings. The minimum Gasteiger partial charge on any atom is -0.385 e. The molecule has 1 aromatic carbocycles. The van der Waals surface area contributed by atoms with Crippen LogP contribution in [0.1, 0.15) is 38.5 Å². The van der Waals surface area contributed by atoms with Crippen molar-refractivity contribution in [1.82, 2.24) is 25.4 Å². The fraction of sp³-hybridized carbons (Fsp3) is 0.500. The molecule has 0 radical (unpaired) electrons. The zero-order chi connectivity index (χ0) is 28.5. The quantitative estimate of drug-likeness (QED) is 0.185. The van der Waals surface area contributed by atoms with Gasteiger partial charge in [0.25, 0.3) is 5.91 Å². The summed E-state index contributed by atoms with van der Waals surface area (Å²) in [5.74, 6) is -0.754. The number of amides is 3. The summed E-state index contributed by atoms with van der Waals surface area (Å²) in [5.41, 5.74) is 1.08. The van der Waals surface area contributed by atoms with Crippen LogP contribution in [-0.4, -0.2) is 85.0 Å². The first kappa shape index (κ1) is 29.2. The van der Waals surface area contributed by atoms with E-state index in [9.17, 15) is 19.6 Å². The van der Waals surface area contributed by atoms with Crippen LogP contribution in [-0.2, 0) is 19.1 Å². The van der Waals surface area contributed by atoms with E-state index >= 15 is 0 Å². The van der Waals surface area contributed by atoms with Gasteiger partial charge in [-0.3, -0.25) is 14.4 Å². The second-order valence-electron chi connectivity index (χ2n) is 9.99. The Bertz CT molecular complexity index is 1300. The molecule has 4 N–H and O–H groups in total. The van der Waals surface area contributed by atoms with Gasteiger partial charge in [0, 0.05) is 51.5 Å². The lowest BCUT2D eigenvalue weighted by Crippen LogP contribution is -2.49. The van der Waals surface area contributed by atoms with E-state index in [1.165, 1.54) is 0 Å². The molecule has 2 aliphatic heterocycles. The average Bonchev–Trinajstić information content (AvgIpc) is 3.59. The number of aromatic nitrogens is 1. The van der Waals surface area contributed by atoms with Gasteiger partial charge in [-0.15, -0.1) is 0 Å². The molecule has 0 unspecified atom stereocenters. The Morgan fingerprint density at radius 3 is 2.73 bits per heavy atom. The summed E-state index contributed by atoms with van der Waals surface area (Å²) in [6.45, 7) is 2.73. The molecule has 0 aliphatic carbocycles. The maximum absolute atomic E-state index is 13.6. The number of para-hydroxylation sites is 1. The van der Waals surface area contributed by atoms with Gasteiger partial charge >= 0.3 is 0 Å². The van der Waals surface area contributed by atoms with Gasteiger partial charge in [-0.1, -0.05) is 23.7 Å². The van der Waals surface area contributed by atoms with Gasteiger partial charge in [0.2, 0.25) is 11.8 Å². The second kappa shape index (κ2) is 14.1. The number of carbonyl (C=O) groups is 3. The van der Waals surface area contributed by atoms with Crippen LogP contribution in [0.2, 0.25) is 5.02 Å². The normalized spacial score (nSPS) is 18.2. The number of likely N-dealkylation sites (tertiary alicyclic amines) is 2. The number of nitrogens with zero attached hydrogens (tertiary/aromatic N) is 3. The molecule has 4 rings (SSSR count). The molecule has 0 bridgehead atoms. The topological polar surface area (TPSA) is 143 Å². The lowest BCUT2D eigenvalue weighted by molar-refractivity contribution is -0.140. The highest BCUT2D eigenvalue weighted by Gasteiger charge is 2.31. The Hall–Kier alpha value is -3.75. The van der Waals surface area contributed by atoms with E-state index in [1.54, 1.807) is 35.2 Å². The predicted molar refractivity (Wildman–Crippen MR) is 152 cm³/mol. The van der Waals surface area contributed by atoms with Crippen molar-refractivity contribution in [3.05, 3.63) is 40.8 Å². The molecular formula is C28H36ClN7O4. The second-order valence-corrected chi connectivity index (χ2v) is 10.4. The number of methoxy groups -OCH3 is 1. The smallest absolute Gasteiger partial charge is 0.265 e. The minimum atomic E-state index is -0.729. The fourth-order valence-corrected chi connectivity index (χ4v) is 5.27. The molecule has 2 aliphatic rings. The van der Waals surface area contributed by atoms with Gasteiger partial charge in [-0.25, -0.2) is 0 Å². The van der Waals surface area contributed by atoms with Gasteiger partial charge in [0.15, 0.2) is 5.57 Å². The van der Waals surface area contributed by atoms with Crippen LogP contribution in [0.5, 0.6) is 0 Å². The van der Waals surface area contributed by atoms with Crippen molar-refractivity contribution in [2.45, 2.75) is 44.6 Å². The third-order valence-electron chi connectivity index (χ3n) is 7.21. The summed E-state index contributed by atoms with van der Waals surface area (Å²) in [4.78, 5) is 46.1. The van der Waals surface area contributed by atoms with E-state index in [0.29, 0.717) is 48.8 Å². The molecule has 11 nitrogen and oxygen atoms in total. The van der Waals surface area contributed by atoms with Crippen molar-refractivity contribution in [3.63, 3.8) is 0 Å². The summed E-state index contributed by atoms with van der Waals surface area (Å²) < 4.78 is 5.04. The first-order chi connectivity index (χ1) is 19.4. The van der Waals surface area contributed by atoms with E-state index in [1.807, 2.05) is 12.1 Å². The first-order valence-electron chi connectivity index (χ1n) is 13.7. The number of fused-ring (bicyclic) bond motifs is 1. The SMILES string of the molecule is COCCCNC(=O)/C(C#N)=C(/Nc1cccc2c(Cl)c[nH]c12)N[C@H]1CCCCN(CC(=O)N2CCCC2)C1=O. The van der Waals surface area contributed by atoms with Crippen LogP contribution in [0.4, 0.5) is 5.69 Å². The lowest BCUT2D eigenvalue weighted by atomic mass is 10.1. The summed E-state index contributed by atoms with van der Waals surface area (Å²) in [5, 5.41) is 20.5. The fourth-order valence-electron chi connectivity index (χ4n) is 5.06. The number of benzene rings is 1. The van der Waals surface area contributed by atoms with Crippen LogP contribution in [0, 0.1) is 11.3 Å². The molecule has 0 saturated carbocycles. The molecule has 214 valence electrons. The van der Waals surface area contributed by atoms with E-state index in [-0.39, 0.29) is 29.8 Å². The largest absolute Gasteiger partial charge is 0.385 e. The van der Waals surface area contributed by atoms with Crippen molar-refractivity contribution in [1.29, 1.82) is 5.26 Å². The van der Waals surface area contributed by atoms with Crippen molar-refractivity contribution in [2.24, 2.45) is 0 Å². The summed E-state index contributed by atoms with van der Waals surface area (Å²) in [7, 11) is 1.58. The molecule has 1 atom stereocenters. The van der Waals surface area contributed by atoms with Gasteiger partial charge < -0.3 is 35.5 Å². The van der Waals surface area contributed by atoms with Crippen molar-refractivity contribution < 1.29 is 19.1 Å². The van der Waals surface area contributed by atoms with Crippen LogP contribution in [0.3, 0.4) is 0 Å². The van der Waals surface area contributed by atoms with Gasteiger partial charge in [0.1, 0.15) is 17.9 Å². The van der Waals surface area contributed by atoms with Crippen molar-refractivity contribution in [2.75, 3.05) is 51.8 Å². The summed E-state index contributed by atoms with van der Waals surface area (Å²) in [6, 6.07) is 6.73. The highest BCUT2D eigenvalue weighted by atomic mass is 35.5. The molecule has 40 heavy (non-hydrogen) atoms. The van der Waals surface area contributed by atoms with E-state index < -0.39 is 11.9 Å². The number of hydrogen-bond donors (Lipinski definition) is 4. The van der Waals surface area contributed by atoms with E-state index in [0.717, 1.165) is 44.2 Å². The number of rotatable bonds is 11. The molecule has 1 aromatic heterocycles. The number of hydrogen-bond acceptors (Lipinski definition) is 7. The Morgan fingerprint density at radius 1 is 1.20 bits per heavy atom. The number of nitrogens with one attached hydrogen (secondary N) is 4. The minimum absolute atomic E-state index is 0.0227. The zero-order valence-corrected chi connectivity index (χ0v) is 23.5. The Kier molecular flexibility index (Phi) is 10.3. The number of aromatic amines is 1. The molecule has 0 spiro atoms. The molecule has 3 heterocycles. The molecule has 2 aromatic rings. The molecule has 2 saturated heterocycles. The van der Waals surface area contributed by atoms with Gasteiger partial charge in [0.05, 0.1) is 22.8 Å². The number of anilines is 1. The number of carbonyl (C=O) groups excluding carboxylic acids is 3. The number of halogens is 1. The lowest BCUT2D eigenvalue weighted by Gasteiger charge is -2.28. The Balaban J connectivity index is 1.61. The van der Waals surface area contributed by atoms with Gasteiger partial charge in [-0.05, 0) is 44.6 Å². The summed E-state index contributed by atoms with van der Waals surface area (Å²) >= 11 is 6.31. The van der Waals surface area contributed by atoms with Crippen LogP contribution >= 0.6 is 11.6 Å². The van der Waals surface area contributed by atoms with Crippen LogP contribution in [0.15, 0.2) is 35.8 Å². The van der Waals surface area contributed by atoms with E-state index in [2.05, 4.69) is 20.9 Å². The standard InChI is InChI=1S/C28H36ClN7O4/c1-40-15-7-11-31-27(38)20(16-30)26(33-22-10-6-8-19-21(29)17-32-25(19)22)34-23-9-2-3-14-36(28(23)39)18-24(37)35-12-4-5-13-35/h6,8,10,17,23,32-34H,2-5,7,9,11-15,18H2,1H3,(H,31,38)/b26-20-/t23-/m0/s1. The number of H-pyrrole nitrogens is 1. The molecule has 12 heteroatoms. The third-order valence-corrected chi connectivity index (χ3v) is 7.52.